The SMILES string of the molecule is c1ccc(-c2ncc(-n3c4ccccc4c4ccc5c6ccccc6n(-c6ccccc6)c5c43)o2)cc1. The molecule has 0 spiro atoms. The number of benzene rings is 5. The molecule has 4 nitrogen and oxygen atoms in total. The van der Waals surface area contributed by atoms with Crippen LogP contribution in [0.5, 0.6) is 0 Å². The molecule has 0 fully saturated rings. The van der Waals surface area contributed by atoms with E-state index in [-0.39, 0.29) is 0 Å². The summed E-state index contributed by atoms with van der Waals surface area (Å²) in [5.41, 5.74) is 6.60. The average Bonchev–Trinajstić information content (AvgIpc) is 3.66. The summed E-state index contributed by atoms with van der Waals surface area (Å²) < 4.78 is 11.0. The van der Waals surface area contributed by atoms with Crippen LogP contribution in [0.4, 0.5) is 0 Å². The Hall–Kier alpha value is -5.09. The molecule has 0 bridgehead atoms. The van der Waals surface area contributed by atoms with Gasteiger partial charge in [-0.3, -0.25) is 4.57 Å². The normalized spacial score (nSPS) is 11.8. The van der Waals surface area contributed by atoms with Gasteiger partial charge in [0.05, 0.1) is 28.3 Å². The maximum atomic E-state index is 6.44. The van der Waals surface area contributed by atoms with Crippen LogP contribution in [0, 0.1) is 0 Å². The number of oxazole rings is 1. The van der Waals surface area contributed by atoms with Crippen molar-refractivity contribution in [2.24, 2.45) is 0 Å². The first-order valence-corrected chi connectivity index (χ1v) is 12.4. The molecule has 0 amide bonds. The van der Waals surface area contributed by atoms with E-state index in [1.54, 1.807) is 0 Å². The second-order valence-corrected chi connectivity index (χ2v) is 9.27. The molecule has 0 unspecified atom stereocenters. The van der Waals surface area contributed by atoms with Gasteiger partial charge in [0.2, 0.25) is 11.8 Å². The minimum absolute atomic E-state index is 0.609. The lowest BCUT2D eigenvalue weighted by molar-refractivity contribution is 0.554. The summed E-state index contributed by atoms with van der Waals surface area (Å²) >= 11 is 0. The number of hydrogen-bond donors (Lipinski definition) is 0. The maximum Gasteiger partial charge on any atom is 0.228 e. The predicted molar refractivity (Wildman–Crippen MR) is 151 cm³/mol. The van der Waals surface area contributed by atoms with Gasteiger partial charge in [-0.05, 0) is 36.4 Å². The lowest BCUT2D eigenvalue weighted by Gasteiger charge is -2.10. The molecule has 0 N–H and O–H groups in total. The zero-order valence-corrected chi connectivity index (χ0v) is 19.9. The highest BCUT2D eigenvalue weighted by atomic mass is 16.4. The topological polar surface area (TPSA) is 35.9 Å². The molecule has 4 heteroatoms. The molecule has 174 valence electrons. The highest BCUT2D eigenvalue weighted by Crippen LogP contribution is 2.41. The molecule has 0 saturated carbocycles. The third kappa shape index (κ3) is 2.87. The van der Waals surface area contributed by atoms with Gasteiger partial charge in [-0.25, -0.2) is 4.98 Å². The summed E-state index contributed by atoms with van der Waals surface area (Å²) in [5, 5.41) is 4.80. The van der Waals surface area contributed by atoms with E-state index in [0.717, 1.165) is 27.8 Å². The van der Waals surface area contributed by atoms with E-state index < -0.39 is 0 Å². The van der Waals surface area contributed by atoms with Gasteiger partial charge in [0, 0.05) is 32.8 Å². The number of nitrogens with zero attached hydrogens (tertiary/aromatic N) is 3. The van der Waals surface area contributed by atoms with Crippen LogP contribution in [0.25, 0.3) is 66.6 Å². The zero-order valence-electron chi connectivity index (χ0n) is 19.9. The highest BCUT2D eigenvalue weighted by Gasteiger charge is 2.22. The van der Waals surface area contributed by atoms with Crippen LogP contribution < -0.4 is 0 Å². The van der Waals surface area contributed by atoms with E-state index in [9.17, 15) is 0 Å². The summed E-state index contributed by atoms with van der Waals surface area (Å²) in [6.07, 6.45) is 1.84. The van der Waals surface area contributed by atoms with Crippen molar-refractivity contribution in [3.8, 4) is 23.0 Å². The molecular weight excluding hydrogens is 454 g/mol. The van der Waals surface area contributed by atoms with Crippen molar-refractivity contribution in [3.05, 3.63) is 128 Å². The Labute approximate surface area is 212 Å². The maximum absolute atomic E-state index is 6.44. The first kappa shape index (κ1) is 20.1. The van der Waals surface area contributed by atoms with Gasteiger partial charge < -0.3 is 8.98 Å². The van der Waals surface area contributed by atoms with Gasteiger partial charge in [-0.15, -0.1) is 0 Å². The Balaban J connectivity index is 1.56. The first-order chi connectivity index (χ1) is 18.4. The second kappa shape index (κ2) is 7.70. The Kier molecular flexibility index (Phi) is 4.19. The van der Waals surface area contributed by atoms with Crippen LogP contribution in [-0.4, -0.2) is 14.1 Å². The number of rotatable bonds is 3. The molecule has 8 rings (SSSR count). The molecule has 8 aromatic rings. The molecular formula is C33H21N3O. The molecule has 0 saturated heterocycles. The summed E-state index contributed by atoms with van der Waals surface area (Å²) in [6.45, 7) is 0. The minimum atomic E-state index is 0.609. The van der Waals surface area contributed by atoms with Crippen molar-refractivity contribution in [2.45, 2.75) is 0 Å². The Morgan fingerprint density at radius 1 is 0.486 bits per heavy atom. The van der Waals surface area contributed by atoms with E-state index in [0.29, 0.717) is 11.8 Å². The fraction of sp³-hybridized carbons (Fsp3) is 0. The van der Waals surface area contributed by atoms with Crippen LogP contribution in [0.2, 0.25) is 0 Å². The van der Waals surface area contributed by atoms with E-state index in [2.05, 4.69) is 105 Å². The molecule has 0 atom stereocenters. The third-order valence-corrected chi connectivity index (χ3v) is 7.22. The highest BCUT2D eigenvalue weighted by molar-refractivity contribution is 6.23. The van der Waals surface area contributed by atoms with E-state index in [4.69, 9.17) is 4.42 Å². The molecule has 0 aliphatic carbocycles. The fourth-order valence-electron chi connectivity index (χ4n) is 5.66. The predicted octanol–water partition coefficient (Wildman–Crippen LogP) is 8.54. The van der Waals surface area contributed by atoms with Crippen molar-refractivity contribution in [1.82, 2.24) is 14.1 Å². The van der Waals surface area contributed by atoms with Crippen LogP contribution in [0.15, 0.2) is 132 Å². The number of hydrogen-bond acceptors (Lipinski definition) is 2. The van der Waals surface area contributed by atoms with Gasteiger partial charge in [-0.1, -0.05) is 84.9 Å². The number of aromatic nitrogens is 3. The molecule has 5 aromatic carbocycles. The van der Waals surface area contributed by atoms with Crippen LogP contribution in [0.3, 0.4) is 0 Å². The minimum Gasteiger partial charge on any atom is -0.420 e. The van der Waals surface area contributed by atoms with Gasteiger partial charge in [0.15, 0.2) is 0 Å². The summed E-state index contributed by atoms with van der Waals surface area (Å²) in [6, 6.07) is 42.3. The van der Waals surface area contributed by atoms with Crippen LogP contribution >= 0.6 is 0 Å². The van der Waals surface area contributed by atoms with Gasteiger partial charge in [-0.2, -0.15) is 0 Å². The van der Waals surface area contributed by atoms with Gasteiger partial charge in [0.1, 0.15) is 0 Å². The van der Waals surface area contributed by atoms with Crippen molar-refractivity contribution in [2.75, 3.05) is 0 Å². The molecule has 37 heavy (non-hydrogen) atoms. The Morgan fingerprint density at radius 2 is 1.03 bits per heavy atom. The largest absolute Gasteiger partial charge is 0.420 e. The number of para-hydroxylation sites is 3. The average molecular weight is 476 g/mol. The smallest absolute Gasteiger partial charge is 0.228 e. The van der Waals surface area contributed by atoms with Crippen LogP contribution in [-0.2, 0) is 0 Å². The monoisotopic (exact) mass is 475 g/mol. The standard InChI is InChI=1S/C33H21N3O/c1-3-11-22(12-4-1)33-34-21-30(37-33)36-29-18-10-8-16-25(29)27-20-19-26-24-15-7-9-17-28(24)35(31(26)32(27)36)23-13-5-2-6-14-23/h1-21H. The summed E-state index contributed by atoms with van der Waals surface area (Å²) in [4.78, 5) is 4.67. The third-order valence-electron chi connectivity index (χ3n) is 7.22. The zero-order chi connectivity index (χ0) is 24.3. The van der Waals surface area contributed by atoms with Crippen molar-refractivity contribution in [3.63, 3.8) is 0 Å². The number of fused-ring (bicyclic) bond motifs is 7. The Bertz CT molecular complexity index is 2080. The second-order valence-electron chi connectivity index (χ2n) is 9.27. The summed E-state index contributed by atoms with van der Waals surface area (Å²) in [5.74, 6) is 1.31. The fourth-order valence-corrected chi connectivity index (χ4v) is 5.66. The molecule has 0 aliphatic rings. The molecule has 0 radical (unpaired) electrons. The quantitative estimate of drug-likeness (QED) is 0.257. The lowest BCUT2D eigenvalue weighted by Crippen LogP contribution is -1.97. The molecule has 3 heterocycles. The van der Waals surface area contributed by atoms with E-state index >= 15 is 0 Å². The van der Waals surface area contributed by atoms with Gasteiger partial charge >= 0.3 is 0 Å². The van der Waals surface area contributed by atoms with Gasteiger partial charge in [0.25, 0.3) is 0 Å². The van der Waals surface area contributed by atoms with Crippen molar-refractivity contribution in [1.29, 1.82) is 0 Å². The van der Waals surface area contributed by atoms with Crippen molar-refractivity contribution >= 4 is 43.6 Å². The lowest BCUT2D eigenvalue weighted by atomic mass is 10.1. The molecule has 3 aromatic heterocycles. The van der Waals surface area contributed by atoms with E-state index in [1.165, 1.54) is 27.1 Å². The Morgan fingerprint density at radius 3 is 1.70 bits per heavy atom. The first-order valence-electron chi connectivity index (χ1n) is 12.4. The van der Waals surface area contributed by atoms with E-state index in [1.807, 2.05) is 36.5 Å². The van der Waals surface area contributed by atoms with Crippen LogP contribution in [0.1, 0.15) is 0 Å². The summed E-state index contributed by atoms with van der Waals surface area (Å²) in [7, 11) is 0. The van der Waals surface area contributed by atoms with Crippen molar-refractivity contribution < 1.29 is 4.42 Å². The molecule has 0 aliphatic heterocycles.